The number of anilines is 1. The zero-order valence-electron chi connectivity index (χ0n) is 17.6. The van der Waals surface area contributed by atoms with E-state index in [0.717, 1.165) is 23.2 Å². The number of allylic oxidation sites excluding steroid dienone is 1. The van der Waals surface area contributed by atoms with Crippen LogP contribution in [0, 0.1) is 12.7 Å². The van der Waals surface area contributed by atoms with Crippen LogP contribution in [0.2, 0.25) is 0 Å². The summed E-state index contributed by atoms with van der Waals surface area (Å²) in [6.45, 7) is 8.30. The van der Waals surface area contributed by atoms with Crippen molar-refractivity contribution in [2.75, 3.05) is 11.1 Å². The Labute approximate surface area is 185 Å². The highest BCUT2D eigenvalue weighted by molar-refractivity contribution is 7.99. The van der Waals surface area contributed by atoms with E-state index in [-0.39, 0.29) is 24.0 Å². The molecule has 1 aromatic heterocycles. The topological polar surface area (TPSA) is 69.0 Å². The minimum Gasteiger partial charge on any atom is -0.483 e. The Hall–Kier alpha value is -3.13. The van der Waals surface area contributed by atoms with Gasteiger partial charge in [-0.3, -0.25) is 9.36 Å². The molecule has 0 aliphatic heterocycles. The first-order valence-corrected chi connectivity index (χ1v) is 10.9. The van der Waals surface area contributed by atoms with Crippen molar-refractivity contribution in [3.05, 3.63) is 77.9 Å². The summed E-state index contributed by atoms with van der Waals surface area (Å²) in [5.74, 6) is 0.297. The monoisotopic (exact) mass is 440 g/mol. The molecule has 0 aliphatic carbocycles. The van der Waals surface area contributed by atoms with Crippen molar-refractivity contribution in [2.24, 2.45) is 0 Å². The van der Waals surface area contributed by atoms with Crippen LogP contribution in [0.25, 0.3) is 0 Å². The maximum Gasteiger partial charge on any atom is 0.234 e. The molecule has 0 saturated heterocycles. The van der Waals surface area contributed by atoms with E-state index in [4.69, 9.17) is 4.74 Å². The minimum atomic E-state index is -0.439. The number of nitrogens with one attached hydrogen (secondary N) is 1. The van der Waals surface area contributed by atoms with E-state index in [1.807, 2.05) is 25.1 Å². The molecule has 8 heteroatoms. The molecule has 0 unspecified atom stereocenters. The largest absolute Gasteiger partial charge is 0.483 e. The average Bonchev–Trinajstić information content (AvgIpc) is 3.15. The lowest BCUT2D eigenvalue weighted by atomic mass is 10.1. The summed E-state index contributed by atoms with van der Waals surface area (Å²) in [6.07, 6.45) is 2.55. The first-order chi connectivity index (χ1) is 15.0. The number of para-hydroxylation sites is 2. The Bertz CT molecular complexity index is 1070. The number of nitrogens with zero attached hydrogens (tertiary/aromatic N) is 3. The number of hydrogen-bond donors (Lipinski definition) is 1. The van der Waals surface area contributed by atoms with Crippen molar-refractivity contribution in [2.45, 2.75) is 38.6 Å². The molecule has 2 aromatic carbocycles. The predicted molar refractivity (Wildman–Crippen MR) is 121 cm³/mol. The van der Waals surface area contributed by atoms with Gasteiger partial charge in [0.1, 0.15) is 6.61 Å². The normalized spacial score (nSPS) is 10.7. The fraction of sp³-hybridized carbons (Fsp3) is 0.261. The molecule has 162 valence electrons. The van der Waals surface area contributed by atoms with Gasteiger partial charge in [0.25, 0.3) is 0 Å². The number of benzene rings is 2. The number of hydrogen-bond acceptors (Lipinski definition) is 5. The van der Waals surface area contributed by atoms with Crippen LogP contribution in [-0.4, -0.2) is 26.4 Å². The van der Waals surface area contributed by atoms with Gasteiger partial charge in [-0.1, -0.05) is 55.1 Å². The number of thioether (sulfide) groups is 1. The van der Waals surface area contributed by atoms with Crippen molar-refractivity contribution in [1.82, 2.24) is 14.8 Å². The number of amides is 1. The Kier molecular flexibility index (Phi) is 7.83. The maximum atomic E-state index is 13.8. The third kappa shape index (κ3) is 5.73. The lowest BCUT2D eigenvalue weighted by Gasteiger charge is -2.13. The van der Waals surface area contributed by atoms with Gasteiger partial charge in [-0.15, -0.1) is 16.8 Å². The molecule has 0 atom stereocenters. The number of aromatic nitrogens is 3. The van der Waals surface area contributed by atoms with Gasteiger partial charge in [0.05, 0.1) is 5.75 Å². The second-order valence-electron chi connectivity index (χ2n) is 6.82. The Morgan fingerprint density at radius 1 is 1.26 bits per heavy atom. The highest BCUT2D eigenvalue weighted by Gasteiger charge is 2.16. The van der Waals surface area contributed by atoms with Crippen molar-refractivity contribution in [1.29, 1.82) is 0 Å². The van der Waals surface area contributed by atoms with Gasteiger partial charge in [-0.25, -0.2) is 4.39 Å². The van der Waals surface area contributed by atoms with E-state index in [0.29, 0.717) is 17.5 Å². The molecule has 3 aromatic rings. The molecule has 6 nitrogen and oxygen atoms in total. The zero-order valence-corrected chi connectivity index (χ0v) is 18.4. The molecule has 1 heterocycles. The molecular weight excluding hydrogens is 415 g/mol. The third-order valence-electron chi connectivity index (χ3n) is 4.64. The quantitative estimate of drug-likeness (QED) is 0.363. The molecular formula is C23H25FN4O2S. The van der Waals surface area contributed by atoms with E-state index in [1.54, 1.807) is 28.8 Å². The van der Waals surface area contributed by atoms with Gasteiger partial charge in [0, 0.05) is 12.2 Å². The summed E-state index contributed by atoms with van der Waals surface area (Å²) in [5.41, 5.74) is 2.99. The van der Waals surface area contributed by atoms with Crippen LogP contribution in [0.3, 0.4) is 0 Å². The second kappa shape index (κ2) is 10.8. The van der Waals surface area contributed by atoms with Gasteiger partial charge in [-0.05, 0) is 36.6 Å². The predicted octanol–water partition coefficient (Wildman–Crippen LogP) is 4.78. The Morgan fingerprint density at radius 3 is 2.81 bits per heavy atom. The first-order valence-electron chi connectivity index (χ1n) is 9.94. The molecule has 31 heavy (non-hydrogen) atoms. The van der Waals surface area contributed by atoms with Gasteiger partial charge >= 0.3 is 0 Å². The zero-order chi connectivity index (χ0) is 22.2. The summed E-state index contributed by atoms with van der Waals surface area (Å²) in [7, 11) is 0. The van der Waals surface area contributed by atoms with Gasteiger partial charge in [0.2, 0.25) is 5.91 Å². The first kappa shape index (κ1) is 22.6. The van der Waals surface area contributed by atoms with Crippen LogP contribution in [0.5, 0.6) is 5.75 Å². The molecule has 0 bridgehead atoms. The van der Waals surface area contributed by atoms with E-state index in [2.05, 4.69) is 29.0 Å². The third-order valence-corrected chi connectivity index (χ3v) is 5.60. The van der Waals surface area contributed by atoms with Gasteiger partial charge in [0.15, 0.2) is 22.5 Å². The van der Waals surface area contributed by atoms with Crippen molar-refractivity contribution < 1.29 is 13.9 Å². The molecule has 0 fully saturated rings. The molecule has 3 rings (SSSR count). The summed E-state index contributed by atoms with van der Waals surface area (Å²) < 4.78 is 21.1. The lowest BCUT2D eigenvalue weighted by molar-refractivity contribution is -0.113. The fourth-order valence-corrected chi connectivity index (χ4v) is 3.82. The summed E-state index contributed by atoms with van der Waals surface area (Å²) in [4.78, 5) is 12.6. The number of rotatable bonds is 10. The molecule has 1 amide bonds. The second-order valence-corrected chi connectivity index (χ2v) is 7.76. The average molecular weight is 441 g/mol. The summed E-state index contributed by atoms with van der Waals surface area (Å²) in [6, 6.07) is 12.2. The van der Waals surface area contributed by atoms with Crippen LogP contribution < -0.4 is 10.1 Å². The molecule has 0 spiro atoms. The Morgan fingerprint density at radius 2 is 2.06 bits per heavy atom. The summed E-state index contributed by atoms with van der Waals surface area (Å²) in [5, 5.41) is 11.9. The van der Waals surface area contributed by atoms with E-state index < -0.39 is 5.82 Å². The number of aryl methyl sites for hydroxylation is 2. The SMILES string of the molecule is C=CCn1c(COc2ccccc2F)nnc1SCC(=O)Nc1c(C)cccc1CC. The van der Waals surface area contributed by atoms with Crippen molar-refractivity contribution in [3.8, 4) is 5.75 Å². The molecule has 1 N–H and O–H groups in total. The highest BCUT2D eigenvalue weighted by Crippen LogP contribution is 2.23. The van der Waals surface area contributed by atoms with E-state index in [1.165, 1.54) is 17.8 Å². The minimum absolute atomic E-state index is 0.0532. The van der Waals surface area contributed by atoms with Gasteiger partial charge in [-0.2, -0.15) is 0 Å². The molecule has 0 aliphatic rings. The summed E-state index contributed by atoms with van der Waals surface area (Å²) >= 11 is 1.28. The Balaban J connectivity index is 1.66. The van der Waals surface area contributed by atoms with Crippen LogP contribution in [0.4, 0.5) is 10.1 Å². The molecule has 0 radical (unpaired) electrons. The van der Waals surface area contributed by atoms with Crippen molar-refractivity contribution >= 4 is 23.4 Å². The van der Waals surface area contributed by atoms with E-state index >= 15 is 0 Å². The smallest absolute Gasteiger partial charge is 0.234 e. The van der Waals surface area contributed by atoms with Crippen LogP contribution in [-0.2, 0) is 24.4 Å². The fourth-order valence-electron chi connectivity index (χ4n) is 3.06. The van der Waals surface area contributed by atoms with Crippen molar-refractivity contribution in [3.63, 3.8) is 0 Å². The molecule has 0 saturated carbocycles. The van der Waals surface area contributed by atoms with Crippen LogP contribution in [0.15, 0.2) is 60.3 Å². The lowest BCUT2D eigenvalue weighted by Crippen LogP contribution is -2.17. The maximum absolute atomic E-state index is 13.8. The standard InChI is InChI=1S/C23H25FN4O2S/c1-4-13-28-20(14-30-19-12-7-6-11-18(19)24)26-27-23(28)31-15-21(29)25-22-16(3)9-8-10-17(22)5-2/h4,6-12H,1,5,13-15H2,2-3H3,(H,25,29). The number of carbonyl (C=O) groups excluding carboxylic acids is 1. The van der Waals surface area contributed by atoms with Gasteiger partial charge < -0.3 is 10.1 Å². The van der Waals surface area contributed by atoms with E-state index in [9.17, 15) is 9.18 Å². The van der Waals surface area contributed by atoms with Crippen LogP contribution in [0.1, 0.15) is 23.9 Å². The number of halogens is 1. The number of ether oxygens (including phenoxy) is 1. The number of carbonyl (C=O) groups is 1. The highest BCUT2D eigenvalue weighted by atomic mass is 32.2. The van der Waals surface area contributed by atoms with Crippen LogP contribution >= 0.6 is 11.8 Å².